The number of hydrogen-bond donors (Lipinski definition) is 0. The molecule has 0 aliphatic heterocycles. The summed E-state index contributed by atoms with van der Waals surface area (Å²) >= 11 is 0. The number of esters is 3. The second-order valence-electron chi connectivity index (χ2n) is 19.9. The Morgan fingerprint density at radius 3 is 0.838 bits per heavy atom. The minimum atomic E-state index is -0.782. The summed E-state index contributed by atoms with van der Waals surface area (Å²) in [5, 5.41) is 0. The van der Waals surface area contributed by atoms with Gasteiger partial charge >= 0.3 is 17.9 Å². The average molecular weight is 954 g/mol. The molecular formula is C62H112O6. The van der Waals surface area contributed by atoms with Crippen molar-refractivity contribution in [2.75, 3.05) is 13.2 Å². The maximum Gasteiger partial charge on any atom is 0.306 e. The Morgan fingerprint density at radius 1 is 0.294 bits per heavy atom. The number of ether oxygens (including phenoxy) is 3. The molecular weight excluding hydrogens is 841 g/mol. The lowest BCUT2D eigenvalue weighted by Gasteiger charge is -2.18. The van der Waals surface area contributed by atoms with Crippen molar-refractivity contribution in [1.29, 1.82) is 0 Å². The van der Waals surface area contributed by atoms with Crippen molar-refractivity contribution in [3.63, 3.8) is 0 Å². The standard InChI is InChI=1S/C62H112O6/c1-4-7-10-13-16-19-22-25-27-29-30-31-32-33-35-37-40-43-46-49-52-55-61(64)67-58-59(57-66-60(63)54-51-48-45-42-39-36-24-21-18-15-12-9-6-3)68-62(65)56-53-50-47-44-41-38-34-28-26-23-20-17-14-11-8-5-2/h21-22,24-25,28-30,34,59H,4-20,23,26-27,31-33,35-58H2,1-3H3/b24-21-,25-22-,30-29-,34-28-. The van der Waals surface area contributed by atoms with Crippen LogP contribution in [0.2, 0.25) is 0 Å². The van der Waals surface area contributed by atoms with Gasteiger partial charge in [0.2, 0.25) is 0 Å². The molecule has 1 unspecified atom stereocenters. The molecule has 0 aromatic rings. The minimum absolute atomic E-state index is 0.0798. The summed E-state index contributed by atoms with van der Waals surface area (Å²) in [5.41, 5.74) is 0. The van der Waals surface area contributed by atoms with E-state index in [4.69, 9.17) is 14.2 Å². The molecule has 0 aliphatic rings. The summed E-state index contributed by atoms with van der Waals surface area (Å²) in [6.45, 7) is 6.63. The molecule has 6 nitrogen and oxygen atoms in total. The monoisotopic (exact) mass is 953 g/mol. The van der Waals surface area contributed by atoms with Crippen LogP contribution in [0.4, 0.5) is 0 Å². The molecule has 0 saturated carbocycles. The second-order valence-corrected chi connectivity index (χ2v) is 19.9. The summed E-state index contributed by atoms with van der Waals surface area (Å²) in [6.07, 6.45) is 69.6. The maximum absolute atomic E-state index is 12.9. The zero-order valence-electron chi connectivity index (χ0n) is 45.4. The van der Waals surface area contributed by atoms with E-state index >= 15 is 0 Å². The molecule has 0 heterocycles. The highest BCUT2D eigenvalue weighted by atomic mass is 16.6. The smallest absolute Gasteiger partial charge is 0.306 e. The first kappa shape index (κ1) is 65.4. The molecule has 0 rings (SSSR count). The first-order chi connectivity index (χ1) is 33.5. The lowest BCUT2D eigenvalue weighted by molar-refractivity contribution is -0.167. The number of allylic oxidation sites excluding steroid dienone is 8. The highest BCUT2D eigenvalue weighted by Gasteiger charge is 2.19. The molecule has 0 fully saturated rings. The fourth-order valence-electron chi connectivity index (χ4n) is 8.52. The van der Waals surface area contributed by atoms with Gasteiger partial charge in [-0.1, -0.05) is 236 Å². The zero-order valence-corrected chi connectivity index (χ0v) is 45.4. The van der Waals surface area contributed by atoms with Gasteiger partial charge in [0.1, 0.15) is 13.2 Å². The Hall–Kier alpha value is -2.63. The second kappa shape index (κ2) is 57.0. The third kappa shape index (κ3) is 54.3. The third-order valence-electron chi connectivity index (χ3n) is 13.0. The summed E-state index contributed by atoms with van der Waals surface area (Å²) in [6, 6.07) is 0. The number of unbranched alkanes of at least 4 members (excludes halogenated alkanes) is 35. The van der Waals surface area contributed by atoms with E-state index in [2.05, 4.69) is 69.4 Å². The van der Waals surface area contributed by atoms with Gasteiger partial charge in [0.25, 0.3) is 0 Å². The minimum Gasteiger partial charge on any atom is -0.462 e. The van der Waals surface area contributed by atoms with Crippen LogP contribution < -0.4 is 0 Å². The van der Waals surface area contributed by atoms with Crippen LogP contribution in [-0.2, 0) is 28.6 Å². The Morgan fingerprint density at radius 2 is 0.529 bits per heavy atom. The van der Waals surface area contributed by atoms with E-state index in [1.165, 1.54) is 186 Å². The molecule has 0 aromatic carbocycles. The van der Waals surface area contributed by atoms with Gasteiger partial charge < -0.3 is 14.2 Å². The molecule has 0 amide bonds. The Kier molecular flexibility index (Phi) is 54.8. The van der Waals surface area contributed by atoms with Gasteiger partial charge in [-0.15, -0.1) is 0 Å². The van der Waals surface area contributed by atoms with Gasteiger partial charge in [0, 0.05) is 19.3 Å². The van der Waals surface area contributed by atoms with Crippen LogP contribution in [0.25, 0.3) is 0 Å². The highest BCUT2D eigenvalue weighted by molar-refractivity contribution is 5.71. The summed E-state index contributed by atoms with van der Waals surface area (Å²) in [7, 11) is 0. The number of carbonyl (C=O) groups is 3. The van der Waals surface area contributed by atoms with Crippen molar-refractivity contribution in [1.82, 2.24) is 0 Å². The molecule has 396 valence electrons. The average Bonchev–Trinajstić information content (AvgIpc) is 3.34. The lowest BCUT2D eigenvalue weighted by atomic mass is 10.1. The van der Waals surface area contributed by atoms with Gasteiger partial charge in [0.15, 0.2) is 6.10 Å². The van der Waals surface area contributed by atoms with Crippen LogP contribution >= 0.6 is 0 Å². The van der Waals surface area contributed by atoms with Crippen molar-refractivity contribution in [2.24, 2.45) is 0 Å². The first-order valence-electron chi connectivity index (χ1n) is 29.6. The number of rotatable bonds is 54. The van der Waals surface area contributed by atoms with Gasteiger partial charge in [-0.25, -0.2) is 0 Å². The van der Waals surface area contributed by atoms with Gasteiger partial charge in [-0.2, -0.15) is 0 Å². The van der Waals surface area contributed by atoms with Crippen LogP contribution in [0.15, 0.2) is 48.6 Å². The van der Waals surface area contributed by atoms with Crippen molar-refractivity contribution in [3.05, 3.63) is 48.6 Å². The van der Waals surface area contributed by atoms with Crippen LogP contribution in [0, 0.1) is 0 Å². The van der Waals surface area contributed by atoms with Crippen LogP contribution in [0.3, 0.4) is 0 Å². The predicted octanol–water partition coefficient (Wildman–Crippen LogP) is 19.8. The molecule has 0 N–H and O–H groups in total. The highest BCUT2D eigenvalue weighted by Crippen LogP contribution is 2.15. The molecule has 1 atom stereocenters. The topological polar surface area (TPSA) is 78.9 Å². The van der Waals surface area contributed by atoms with Crippen molar-refractivity contribution >= 4 is 17.9 Å². The number of hydrogen-bond acceptors (Lipinski definition) is 6. The van der Waals surface area contributed by atoms with Gasteiger partial charge in [-0.3, -0.25) is 14.4 Å². The van der Waals surface area contributed by atoms with E-state index in [0.29, 0.717) is 19.3 Å². The van der Waals surface area contributed by atoms with E-state index in [9.17, 15) is 14.4 Å². The third-order valence-corrected chi connectivity index (χ3v) is 13.0. The fourth-order valence-corrected chi connectivity index (χ4v) is 8.52. The Balaban J connectivity index is 4.34. The van der Waals surface area contributed by atoms with E-state index in [1.807, 2.05) is 0 Å². The van der Waals surface area contributed by atoms with Crippen molar-refractivity contribution in [3.8, 4) is 0 Å². The lowest BCUT2D eigenvalue weighted by Crippen LogP contribution is -2.30. The largest absolute Gasteiger partial charge is 0.462 e. The molecule has 68 heavy (non-hydrogen) atoms. The Bertz CT molecular complexity index is 1190. The first-order valence-corrected chi connectivity index (χ1v) is 29.6. The van der Waals surface area contributed by atoms with E-state index < -0.39 is 6.10 Å². The normalized spacial score (nSPS) is 12.3. The molecule has 0 bridgehead atoms. The molecule has 0 aliphatic carbocycles. The zero-order chi connectivity index (χ0) is 49.3. The molecule has 6 heteroatoms. The summed E-state index contributed by atoms with van der Waals surface area (Å²) in [4.78, 5) is 38.2. The molecule has 0 radical (unpaired) electrons. The quantitative estimate of drug-likeness (QED) is 0.0262. The molecule has 0 saturated heterocycles. The summed E-state index contributed by atoms with van der Waals surface area (Å²) < 4.78 is 16.9. The fraction of sp³-hybridized carbons (Fsp3) is 0.823. The van der Waals surface area contributed by atoms with E-state index in [0.717, 1.165) is 83.5 Å². The van der Waals surface area contributed by atoms with E-state index in [-0.39, 0.29) is 31.1 Å². The maximum atomic E-state index is 12.9. The van der Waals surface area contributed by atoms with Gasteiger partial charge in [-0.05, 0) is 103 Å². The van der Waals surface area contributed by atoms with Crippen LogP contribution in [-0.4, -0.2) is 37.2 Å². The summed E-state index contributed by atoms with van der Waals surface area (Å²) in [5.74, 6) is -0.887. The SMILES string of the molecule is CCCCCC/C=C\CCCCCCCC(=O)OCC(COC(=O)CCCCCCCCCCC/C=C\C/C=C\CCCCCCC)OC(=O)CCCCCCC/C=C\CCCCCCCCC. The van der Waals surface area contributed by atoms with Crippen molar-refractivity contribution in [2.45, 2.75) is 316 Å². The molecule has 0 spiro atoms. The van der Waals surface area contributed by atoms with Crippen molar-refractivity contribution < 1.29 is 28.6 Å². The van der Waals surface area contributed by atoms with Gasteiger partial charge in [0.05, 0.1) is 0 Å². The molecule has 0 aromatic heterocycles. The van der Waals surface area contributed by atoms with Crippen LogP contribution in [0.1, 0.15) is 310 Å². The number of carbonyl (C=O) groups excluding carboxylic acids is 3. The van der Waals surface area contributed by atoms with Crippen LogP contribution in [0.5, 0.6) is 0 Å². The Labute approximate surface area is 422 Å². The van der Waals surface area contributed by atoms with E-state index in [1.54, 1.807) is 0 Å². The predicted molar refractivity (Wildman–Crippen MR) is 293 cm³/mol.